The Balaban J connectivity index is 1.77. The van der Waals surface area contributed by atoms with E-state index in [1.165, 1.54) is 12.8 Å². The summed E-state index contributed by atoms with van der Waals surface area (Å²) >= 11 is 0. The Morgan fingerprint density at radius 2 is 1.95 bits per heavy atom. The van der Waals surface area contributed by atoms with E-state index >= 15 is 0 Å². The maximum Gasteiger partial charge on any atom is 0.161 e. The second-order valence-corrected chi connectivity index (χ2v) is 4.91. The molecule has 0 atom stereocenters. The van der Waals surface area contributed by atoms with Gasteiger partial charge in [-0.2, -0.15) is 0 Å². The summed E-state index contributed by atoms with van der Waals surface area (Å²) in [4.78, 5) is 2.49. The lowest BCUT2D eigenvalue weighted by Gasteiger charge is -2.22. The van der Waals surface area contributed by atoms with Crippen molar-refractivity contribution in [2.24, 2.45) is 5.73 Å². The predicted octanol–water partition coefficient (Wildman–Crippen LogP) is 1.89. The molecule has 19 heavy (non-hydrogen) atoms. The van der Waals surface area contributed by atoms with E-state index < -0.39 is 0 Å². The minimum atomic E-state index is 0.696. The molecule has 2 rings (SSSR count). The molecule has 1 aliphatic carbocycles. The molecule has 106 valence electrons. The third kappa shape index (κ3) is 4.40. The lowest BCUT2D eigenvalue weighted by Crippen LogP contribution is -2.32. The SMILES string of the molecule is COc1ccccc1OCCN(CCCN)C1CC1. The van der Waals surface area contributed by atoms with Crippen LogP contribution in [0.15, 0.2) is 24.3 Å². The first kappa shape index (κ1) is 14.2. The van der Waals surface area contributed by atoms with Gasteiger partial charge in [0.25, 0.3) is 0 Å². The van der Waals surface area contributed by atoms with Crippen LogP contribution in [0.3, 0.4) is 0 Å². The highest BCUT2D eigenvalue weighted by Crippen LogP contribution is 2.28. The zero-order valence-electron chi connectivity index (χ0n) is 11.7. The monoisotopic (exact) mass is 264 g/mol. The smallest absolute Gasteiger partial charge is 0.161 e. The van der Waals surface area contributed by atoms with Crippen molar-refractivity contribution in [3.63, 3.8) is 0 Å². The minimum absolute atomic E-state index is 0.696. The number of methoxy groups -OCH3 is 1. The second-order valence-electron chi connectivity index (χ2n) is 4.91. The van der Waals surface area contributed by atoms with E-state index in [4.69, 9.17) is 15.2 Å². The van der Waals surface area contributed by atoms with Gasteiger partial charge in [0, 0.05) is 12.6 Å². The van der Waals surface area contributed by atoms with Gasteiger partial charge in [0.15, 0.2) is 11.5 Å². The van der Waals surface area contributed by atoms with Gasteiger partial charge in [0.05, 0.1) is 7.11 Å². The lowest BCUT2D eigenvalue weighted by atomic mass is 10.3. The third-order valence-corrected chi connectivity index (χ3v) is 3.42. The molecule has 1 aromatic carbocycles. The lowest BCUT2D eigenvalue weighted by molar-refractivity contribution is 0.197. The first-order valence-electron chi connectivity index (χ1n) is 7.05. The van der Waals surface area contributed by atoms with E-state index in [2.05, 4.69) is 4.90 Å². The molecular weight excluding hydrogens is 240 g/mol. The fourth-order valence-electron chi connectivity index (χ4n) is 2.22. The van der Waals surface area contributed by atoms with Gasteiger partial charge in [-0.05, 0) is 44.5 Å². The number of nitrogens with two attached hydrogens (primary N) is 1. The van der Waals surface area contributed by atoms with Gasteiger partial charge >= 0.3 is 0 Å². The van der Waals surface area contributed by atoms with Gasteiger partial charge in [0.2, 0.25) is 0 Å². The number of benzene rings is 1. The summed E-state index contributed by atoms with van der Waals surface area (Å²) in [6, 6.07) is 8.53. The second kappa shape index (κ2) is 7.36. The minimum Gasteiger partial charge on any atom is -0.493 e. The summed E-state index contributed by atoms with van der Waals surface area (Å²) in [5.74, 6) is 1.61. The fourth-order valence-corrected chi connectivity index (χ4v) is 2.22. The molecular formula is C15H24N2O2. The van der Waals surface area contributed by atoms with Crippen LogP contribution >= 0.6 is 0 Å². The molecule has 4 heteroatoms. The van der Waals surface area contributed by atoms with Crippen LogP contribution in [-0.2, 0) is 0 Å². The van der Waals surface area contributed by atoms with Crippen LogP contribution in [0.4, 0.5) is 0 Å². The van der Waals surface area contributed by atoms with Crippen molar-refractivity contribution in [1.29, 1.82) is 0 Å². The van der Waals surface area contributed by atoms with Gasteiger partial charge in [-0.15, -0.1) is 0 Å². The van der Waals surface area contributed by atoms with E-state index in [0.717, 1.165) is 43.6 Å². The number of nitrogens with zero attached hydrogens (tertiary/aromatic N) is 1. The van der Waals surface area contributed by atoms with E-state index in [0.29, 0.717) is 6.61 Å². The van der Waals surface area contributed by atoms with Gasteiger partial charge in [-0.25, -0.2) is 0 Å². The number of ether oxygens (including phenoxy) is 2. The van der Waals surface area contributed by atoms with Crippen LogP contribution in [0, 0.1) is 0 Å². The molecule has 2 N–H and O–H groups in total. The Morgan fingerprint density at radius 3 is 2.58 bits per heavy atom. The summed E-state index contributed by atoms with van der Waals surface area (Å²) in [5, 5.41) is 0. The summed E-state index contributed by atoms with van der Waals surface area (Å²) in [6.07, 6.45) is 3.70. The standard InChI is InChI=1S/C15H24N2O2/c1-18-14-5-2-3-6-15(14)19-12-11-17(10-4-9-16)13-7-8-13/h2-3,5-6,13H,4,7-12,16H2,1H3. The normalized spacial score (nSPS) is 14.7. The first-order chi connectivity index (χ1) is 9.35. The average molecular weight is 264 g/mol. The van der Waals surface area contributed by atoms with Crippen LogP contribution < -0.4 is 15.2 Å². The molecule has 1 aliphatic rings. The van der Waals surface area contributed by atoms with Crippen LogP contribution in [0.25, 0.3) is 0 Å². The highest BCUT2D eigenvalue weighted by atomic mass is 16.5. The predicted molar refractivity (Wildman–Crippen MR) is 76.8 cm³/mol. The molecule has 0 aromatic heterocycles. The molecule has 4 nitrogen and oxygen atoms in total. The molecule has 0 spiro atoms. The maximum absolute atomic E-state index is 5.82. The zero-order chi connectivity index (χ0) is 13.5. The number of para-hydroxylation sites is 2. The van der Waals surface area contributed by atoms with Gasteiger partial charge in [-0.3, -0.25) is 4.90 Å². The number of hydrogen-bond acceptors (Lipinski definition) is 4. The van der Waals surface area contributed by atoms with Crippen molar-refractivity contribution < 1.29 is 9.47 Å². The van der Waals surface area contributed by atoms with Crippen molar-refractivity contribution in [2.45, 2.75) is 25.3 Å². The number of hydrogen-bond donors (Lipinski definition) is 1. The van der Waals surface area contributed by atoms with E-state index in [-0.39, 0.29) is 0 Å². The van der Waals surface area contributed by atoms with Crippen molar-refractivity contribution in [2.75, 3.05) is 33.4 Å². The Bertz CT molecular complexity index is 380. The van der Waals surface area contributed by atoms with E-state index in [9.17, 15) is 0 Å². The molecule has 0 unspecified atom stereocenters. The fraction of sp³-hybridized carbons (Fsp3) is 0.600. The largest absolute Gasteiger partial charge is 0.493 e. The van der Waals surface area contributed by atoms with Crippen molar-refractivity contribution in [3.8, 4) is 11.5 Å². The van der Waals surface area contributed by atoms with Crippen LogP contribution in [-0.4, -0.2) is 44.3 Å². The molecule has 0 bridgehead atoms. The molecule has 1 fully saturated rings. The Hall–Kier alpha value is -1.26. The van der Waals surface area contributed by atoms with Crippen molar-refractivity contribution in [3.05, 3.63) is 24.3 Å². The Labute approximate surface area is 115 Å². The molecule has 0 aliphatic heterocycles. The van der Waals surface area contributed by atoms with Gasteiger partial charge in [-0.1, -0.05) is 12.1 Å². The summed E-state index contributed by atoms with van der Waals surface area (Å²) < 4.78 is 11.1. The molecule has 0 radical (unpaired) electrons. The highest BCUT2D eigenvalue weighted by molar-refractivity contribution is 5.39. The maximum atomic E-state index is 5.82. The van der Waals surface area contributed by atoms with Crippen LogP contribution in [0.5, 0.6) is 11.5 Å². The van der Waals surface area contributed by atoms with E-state index in [1.807, 2.05) is 24.3 Å². The molecule has 0 heterocycles. The van der Waals surface area contributed by atoms with Crippen molar-refractivity contribution >= 4 is 0 Å². The average Bonchev–Trinajstić information content (AvgIpc) is 3.27. The third-order valence-electron chi connectivity index (χ3n) is 3.42. The summed E-state index contributed by atoms with van der Waals surface area (Å²) in [7, 11) is 1.67. The molecule has 0 saturated heterocycles. The van der Waals surface area contributed by atoms with Gasteiger partial charge < -0.3 is 15.2 Å². The molecule has 1 aromatic rings. The zero-order valence-corrected chi connectivity index (χ0v) is 11.7. The Morgan fingerprint density at radius 1 is 1.21 bits per heavy atom. The highest BCUT2D eigenvalue weighted by Gasteiger charge is 2.28. The van der Waals surface area contributed by atoms with Crippen LogP contribution in [0.1, 0.15) is 19.3 Å². The van der Waals surface area contributed by atoms with Crippen LogP contribution in [0.2, 0.25) is 0 Å². The Kier molecular flexibility index (Phi) is 5.48. The summed E-state index contributed by atoms with van der Waals surface area (Å²) in [6.45, 7) is 3.50. The van der Waals surface area contributed by atoms with E-state index in [1.54, 1.807) is 7.11 Å². The van der Waals surface area contributed by atoms with Crippen molar-refractivity contribution in [1.82, 2.24) is 4.90 Å². The quantitative estimate of drug-likeness (QED) is 0.740. The molecule has 1 saturated carbocycles. The number of rotatable bonds is 9. The topological polar surface area (TPSA) is 47.7 Å². The summed E-state index contributed by atoms with van der Waals surface area (Å²) in [5.41, 5.74) is 5.58. The molecule has 0 amide bonds. The first-order valence-corrected chi connectivity index (χ1v) is 7.05. The van der Waals surface area contributed by atoms with Gasteiger partial charge in [0.1, 0.15) is 6.61 Å².